The molecule has 0 radical (unpaired) electrons. The average molecular weight is 344 g/mol. The summed E-state index contributed by atoms with van der Waals surface area (Å²) in [5, 5.41) is 6.40. The molecule has 122 valence electrons. The van der Waals surface area contributed by atoms with Gasteiger partial charge in [0.2, 0.25) is 0 Å². The molecule has 2 aromatic heterocycles. The normalized spacial score (nSPS) is 10.5. The number of benzene rings is 1. The van der Waals surface area contributed by atoms with E-state index in [-0.39, 0.29) is 5.02 Å². The van der Waals surface area contributed by atoms with Crippen molar-refractivity contribution in [2.45, 2.75) is 13.5 Å². The van der Waals surface area contributed by atoms with E-state index in [0.29, 0.717) is 29.7 Å². The number of nitrogens with zero attached hydrogens (tertiary/aromatic N) is 3. The minimum atomic E-state index is -0.458. The minimum Gasteiger partial charge on any atom is -0.366 e. The molecule has 0 aliphatic carbocycles. The minimum absolute atomic E-state index is 0.0572. The molecule has 0 aliphatic heterocycles. The molecule has 0 saturated carbocycles. The Kier molecular flexibility index (Phi) is 4.86. The standard InChI is InChI=1S/C17H15ClFN5/c1-11-22-16(21-10-12-4-6-20-7-5-12)9-17(23-11)24-13-2-3-15(19)14(18)8-13/h2-9H,10H2,1H3,(H2,21,22,23,24). The van der Waals surface area contributed by atoms with Gasteiger partial charge in [-0.3, -0.25) is 4.98 Å². The molecule has 0 fully saturated rings. The van der Waals surface area contributed by atoms with Crippen LogP contribution >= 0.6 is 11.6 Å². The van der Waals surface area contributed by atoms with Gasteiger partial charge in [0, 0.05) is 30.7 Å². The summed E-state index contributed by atoms with van der Waals surface area (Å²) in [7, 11) is 0. The lowest BCUT2D eigenvalue weighted by Gasteiger charge is -2.10. The summed E-state index contributed by atoms with van der Waals surface area (Å²) in [6.07, 6.45) is 3.49. The first kappa shape index (κ1) is 16.1. The Morgan fingerprint density at radius 1 is 1.04 bits per heavy atom. The van der Waals surface area contributed by atoms with E-state index < -0.39 is 5.82 Å². The van der Waals surface area contributed by atoms with Gasteiger partial charge in [-0.05, 0) is 42.8 Å². The van der Waals surface area contributed by atoms with Crippen molar-refractivity contribution in [3.63, 3.8) is 0 Å². The smallest absolute Gasteiger partial charge is 0.141 e. The maximum atomic E-state index is 13.2. The first-order valence-electron chi connectivity index (χ1n) is 7.31. The van der Waals surface area contributed by atoms with Crippen molar-refractivity contribution in [2.75, 3.05) is 10.6 Å². The van der Waals surface area contributed by atoms with Crippen molar-refractivity contribution in [1.82, 2.24) is 15.0 Å². The summed E-state index contributed by atoms with van der Waals surface area (Å²) in [6.45, 7) is 2.43. The van der Waals surface area contributed by atoms with Crippen molar-refractivity contribution >= 4 is 28.9 Å². The molecule has 3 aromatic rings. The molecule has 7 heteroatoms. The number of aromatic nitrogens is 3. The van der Waals surface area contributed by atoms with Gasteiger partial charge in [0.25, 0.3) is 0 Å². The highest BCUT2D eigenvalue weighted by atomic mass is 35.5. The first-order valence-corrected chi connectivity index (χ1v) is 7.68. The van der Waals surface area contributed by atoms with E-state index in [1.165, 1.54) is 12.1 Å². The highest BCUT2D eigenvalue weighted by Crippen LogP contribution is 2.23. The highest BCUT2D eigenvalue weighted by Gasteiger charge is 2.05. The maximum Gasteiger partial charge on any atom is 0.141 e. The van der Waals surface area contributed by atoms with Crippen molar-refractivity contribution in [3.05, 3.63) is 71.0 Å². The zero-order valence-corrected chi connectivity index (χ0v) is 13.7. The highest BCUT2D eigenvalue weighted by molar-refractivity contribution is 6.31. The molecule has 1 aromatic carbocycles. The van der Waals surface area contributed by atoms with E-state index in [1.807, 2.05) is 12.1 Å². The van der Waals surface area contributed by atoms with E-state index >= 15 is 0 Å². The molecule has 0 atom stereocenters. The van der Waals surface area contributed by atoms with Crippen LogP contribution in [-0.2, 0) is 6.54 Å². The molecule has 24 heavy (non-hydrogen) atoms. The van der Waals surface area contributed by atoms with Crippen LogP contribution in [-0.4, -0.2) is 15.0 Å². The van der Waals surface area contributed by atoms with E-state index in [9.17, 15) is 4.39 Å². The SMILES string of the molecule is Cc1nc(NCc2ccncc2)cc(Nc2ccc(F)c(Cl)c2)n1. The lowest BCUT2D eigenvalue weighted by molar-refractivity contribution is 0.628. The molecular weight excluding hydrogens is 329 g/mol. The topological polar surface area (TPSA) is 62.7 Å². The third-order valence-electron chi connectivity index (χ3n) is 3.25. The number of anilines is 3. The first-order chi connectivity index (χ1) is 11.6. The van der Waals surface area contributed by atoms with Crippen molar-refractivity contribution in [1.29, 1.82) is 0 Å². The van der Waals surface area contributed by atoms with Crippen molar-refractivity contribution in [2.24, 2.45) is 0 Å². The Morgan fingerprint density at radius 3 is 2.54 bits per heavy atom. The predicted octanol–water partition coefficient (Wildman–Crippen LogP) is 4.33. The van der Waals surface area contributed by atoms with Crippen molar-refractivity contribution in [3.8, 4) is 0 Å². The molecule has 0 saturated heterocycles. The Morgan fingerprint density at radius 2 is 1.79 bits per heavy atom. The van der Waals surface area contributed by atoms with Gasteiger partial charge in [-0.15, -0.1) is 0 Å². The summed E-state index contributed by atoms with van der Waals surface area (Å²) >= 11 is 5.79. The summed E-state index contributed by atoms with van der Waals surface area (Å²) in [4.78, 5) is 12.7. The lowest BCUT2D eigenvalue weighted by atomic mass is 10.3. The van der Waals surface area contributed by atoms with Crippen LogP contribution in [0.3, 0.4) is 0 Å². The van der Waals surface area contributed by atoms with Gasteiger partial charge in [0.05, 0.1) is 5.02 Å². The molecule has 0 aliphatic rings. The molecule has 2 heterocycles. The second kappa shape index (κ2) is 7.23. The van der Waals surface area contributed by atoms with E-state index in [0.717, 1.165) is 5.56 Å². The Bertz CT molecular complexity index is 842. The quantitative estimate of drug-likeness (QED) is 0.722. The Hall–Kier alpha value is -2.73. The fourth-order valence-electron chi connectivity index (χ4n) is 2.14. The van der Waals surface area contributed by atoms with Crippen LogP contribution in [0.15, 0.2) is 48.8 Å². The van der Waals surface area contributed by atoms with E-state index in [4.69, 9.17) is 11.6 Å². The van der Waals surface area contributed by atoms with Crippen LogP contribution in [0.5, 0.6) is 0 Å². The monoisotopic (exact) mass is 343 g/mol. The Labute approximate surface area is 144 Å². The molecular formula is C17H15ClFN5. The fraction of sp³-hybridized carbons (Fsp3) is 0.118. The van der Waals surface area contributed by atoms with E-state index in [2.05, 4.69) is 25.6 Å². The van der Waals surface area contributed by atoms with Crippen LogP contribution < -0.4 is 10.6 Å². The lowest BCUT2D eigenvalue weighted by Crippen LogP contribution is -2.05. The number of aryl methyl sites for hydroxylation is 1. The van der Waals surface area contributed by atoms with Gasteiger partial charge in [0.1, 0.15) is 23.3 Å². The van der Waals surface area contributed by atoms with Crippen LogP contribution in [0.4, 0.5) is 21.7 Å². The second-order valence-electron chi connectivity index (χ2n) is 5.15. The third-order valence-corrected chi connectivity index (χ3v) is 3.54. The molecule has 0 amide bonds. The summed E-state index contributed by atoms with van der Waals surface area (Å²) in [5.74, 6) is 1.45. The van der Waals surface area contributed by atoms with Crippen molar-refractivity contribution < 1.29 is 4.39 Å². The number of halogens is 2. The number of nitrogens with one attached hydrogen (secondary N) is 2. The zero-order chi connectivity index (χ0) is 16.9. The van der Waals surface area contributed by atoms with Gasteiger partial charge >= 0.3 is 0 Å². The van der Waals surface area contributed by atoms with E-state index in [1.54, 1.807) is 31.5 Å². The van der Waals surface area contributed by atoms with Gasteiger partial charge in [-0.2, -0.15) is 0 Å². The van der Waals surface area contributed by atoms with Crippen LogP contribution in [0.25, 0.3) is 0 Å². The van der Waals surface area contributed by atoms with Gasteiger partial charge < -0.3 is 10.6 Å². The zero-order valence-electron chi connectivity index (χ0n) is 12.9. The van der Waals surface area contributed by atoms with Gasteiger partial charge in [-0.25, -0.2) is 14.4 Å². The molecule has 3 rings (SSSR count). The molecule has 0 spiro atoms. The largest absolute Gasteiger partial charge is 0.366 e. The van der Waals surface area contributed by atoms with Gasteiger partial charge in [0.15, 0.2) is 0 Å². The fourth-order valence-corrected chi connectivity index (χ4v) is 2.32. The summed E-state index contributed by atoms with van der Waals surface area (Å²) in [5.41, 5.74) is 1.75. The maximum absolute atomic E-state index is 13.2. The Balaban J connectivity index is 1.74. The molecule has 0 unspecified atom stereocenters. The number of hydrogen-bond donors (Lipinski definition) is 2. The molecule has 2 N–H and O–H groups in total. The summed E-state index contributed by atoms with van der Waals surface area (Å²) < 4.78 is 13.2. The average Bonchev–Trinajstić information content (AvgIpc) is 2.57. The van der Waals surface area contributed by atoms with Crippen LogP contribution in [0.1, 0.15) is 11.4 Å². The number of pyridine rings is 1. The molecule has 5 nitrogen and oxygen atoms in total. The van der Waals surface area contributed by atoms with Crippen LogP contribution in [0, 0.1) is 12.7 Å². The second-order valence-corrected chi connectivity index (χ2v) is 5.56. The van der Waals surface area contributed by atoms with Crippen LogP contribution in [0.2, 0.25) is 5.02 Å². The predicted molar refractivity (Wildman–Crippen MR) is 93.0 cm³/mol. The molecule has 0 bridgehead atoms. The van der Waals surface area contributed by atoms with Gasteiger partial charge in [-0.1, -0.05) is 11.6 Å². The number of hydrogen-bond acceptors (Lipinski definition) is 5. The number of rotatable bonds is 5. The third kappa shape index (κ3) is 4.17. The summed E-state index contributed by atoms with van der Waals surface area (Å²) in [6, 6.07) is 10.1.